The van der Waals surface area contributed by atoms with Gasteiger partial charge in [0, 0.05) is 22.8 Å². The van der Waals surface area contributed by atoms with Gasteiger partial charge in [-0.05, 0) is 26.2 Å². The van der Waals surface area contributed by atoms with E-state index in [1.807, 2.05) is 31.2 Å². The number of hydrogen-bond donors (Lipinski definition) is 1. The Labute approximate surface area is 89.6 Å². The molecule has 1 N–H and O–H groups in total. The van der Waals surface area contributed by atoms with Gasteiger partial charge in [0.2, 0.25) is 0 Å². The number of hydrogen-bond acceptors (Lipinski definition) is 2. The molecule has 0 aliphatic heterocycles. The first-order valence-corrected chi connectivity index (χ1v) is 5.07. The maximum Gasteiger partial charge on any atom is 0.0861 e. The van der Waals surface area contributed by atoms with Crippen molar-refractivity contribution in [3.63, 3.8) is 0 Å². The van der Waals surface area contributed by atoms with E-state index in [1.165, 1.54) is 0 Å². The predicted molar refractivity (Wildman–Crippen MR) is 61.7 cm³/mol. The van der Waals surface area contributed by atoms with Gasteiger partial charge in [0.25, 0.3) is 0 Å². The molecular weight excluding hydrogens is 186 g/mol. The zero-order chi connectivity index (χ0) is 11.1. The summed E-state index contributed by atoms with van der Waals surface area (Å²) in [5, 5.41) is 12.2. The largest absolute Gasteiger partial charge is 0.386 e. The second-order valence-electron chi connectivity index (χ2n) is 4.36. The van der Waals surface area contributed by atoms with Crippen molar-refractivity contribution < 1.29 is 5.11 Å². The smallest absolute Gasteiger partial charge is 0.0861 e. The molecule has 2 nitrogen and oxygen atoms in total. The molecule has 0 saturated heterocycles. The Kier molecular flexibility index (Phi) is 2.24. The molecule has 0 amide bonds. The standard InChI is InChI=1S/C13H15NO/c1-9-10-6-4-5-7-11(10)12(8-14-9)13(2,3)15/h4-8,15H,1-3H3. The monoisotopic (exact) mass is 201 g/mol. The van der Waals surface area contributed by atoms with Crippen LogP contribution in [0.4, 0.5) is 0 Å². The SMILES string of the molecule is Cc1ncc(C(C)(C)O)c2ccccc12. The van der Waals surface area contributed by atoms with Crippen molar-refractivity contribution in [1.82, 2.24) is 4.98 Å². The van der Waals surface area contributed by atoms with Gasteiger partial charge in [0.05, 0.1) is 5.60 Å². The Morgan fingerprint density at radius 1 is 1.13 bits per heavy atom. The van der Waals surface area contributed by atoms with Crippen LogP contribution in [0.2, 0.25) is 0 Å². The molecule has 2 heteroatoms. The van der Waals surface area contributed by atoms with Gasteiger partial charge in [-0.1, -0.05) is 24.3 Å². The van der Waals surface area contributed by atoms with E-state index in [4.69, 9.17) is 0 Å². The number of rotatable bonds is 1. The first kappa shape index (κ1) is 10.1. The third kappa shape index (κ3) is 1.73. The average Bonchev–Trinajstić information content (AvgIpc) is 2.17. The Hall–Kier alpha value is -1.41. The summed E-state index contributed by atoms with van der Waals surface area (Å²) in [6, 6.07) is 8.03. The molecule has 15 heavy (non-hydrogen) atoms. The van der Waals surface area contributed by atoms with Crippen LogP contribution in [0.5, 0.6) is 0 Å². The molecule has 0 aliphatic rings. The van der Waals surface area contributed by atoms with Crippen LogP contribution in [0.15, 0.2) is 30.5 Å². The third-order valence-corrected chi connectivity index (χ3v) is 2.65. The van der Waals surface area contributed by atoms with Crippen molar-refractivity contribution in [3.8, 4) is 0 Å². The molecule has 78 valence electrons. The van der Waals surface area contributed by atoms with Crippen LogP contribution in [0.25, 0.3) is 10.8 Å². The summed E-state index contributed by atoms with van der Waals surface area (Å²) < 4.78 is 0. The van der Waals surface area contributed by atoms with Crippen molar-refractivity contribution >= 4 is 10.8 Å². The minimum atomic E-state index is -0.847. The van der Waals surface area contributed by atoms with Crippen molar-refractivity contribution in [3.05, 3.63) is 41.7 Å². The number of pyridine rings is 1. The zero-order valence-corrected chi connectivity index (χ0v) is 9.28. The van der Waals surface area contributed by atoms with E-state index in [2.05, 4.69) is 4.98 Å². The summed E-state index contributed by atoms with van der Waals surface area (Å²) in [5.41, 5.74) is 1.03. The van der Waals surface area contributed by atoms with Gasteiger partial charge in [0.1, 0.15) is 0 Å². The van der Waals surface area contributed by atoms with Crippen LogP contribution in [-0.4, -0.2) is 10.1 Å². The third-order valence-electron chi connectivity index (χ3n) is 2.65. The molecule has 0 fully saturated rings. The van der Waals surface area contributed by atoms with Gasteiger partial charge in [-0.2, -0.15) is 0 Å². The maximum absolute atomic E-state index is 10.0. The molecule has 0 bridgehead atoms. The number of fused-ring (bicyclic) bond motifs is 1. The molecule has 1 aromatic heterocycles. The number of aryl methyl sites for hydroxylation is 1. The topological polar surface area (TPSA) is 33.1 Å². The van der Waals surface area contributed by atoms with Crippen molar-refractivity contribution in [2.24, 2.45) is 0 Å². The summed E-state index contributed by atoms with van der Waals surface area (Å²) >= 11 is 0. The highest BCUT2D eigenvalue weighted by Crippen LogP contribution is 2.28. The van der Waals surface area contributed by atoms with E-state index in [0.717, 1.165) is 22.0 Å². The van der Waals surface area contributed by atoms with Crippen LogP contribution in [0.3, 0.4) is 0 Å². The van der Waals surface area contributed by atoms with E-state index in [1.54, 1.807) is 20.0 Å². The van der Waals surface area contributed by atoms with Gasteiger partial charge in [0.15, 0.2) is 0 Å². The summed E-state index contributed by atoms with van der Waals surface area (Å²) in [5.74, 6) is 0. The Bertz CT molecular complexity index is 497. The highest BCUT2D eigenvalue weighted by atomic mass is 16.3. The lowest BCUT2D eigenvalue weighted by molar-refractivity contribution is 0.0798. The van der Waals surface area contributed by atoms with Crippen LogP contribution < -0.4 is 0 Å². The van der Waals surface area contributed by atoms with Crippen LogP contribution in [-0.2, 0) is 5.60 Å². The molecule has 0 aliphatic carbocycles. The van der Waals surface area contributed by atoms with Crippen LogP contribution in [0.1, 0.15) is 25.1 Å². The van der Waals surface area contributed by atoms with Crippen LogP contribution in [0, 0.1) is 6.92 Å². The predicted octanol–water partition coefficient (Wildman–Crippen LogP) is 2.77. The molecular formula is C13H15NO. The van der Waals surface area contributed by atoms with Gasteiger partial charge in [-0.25, -0.2) is 0 Å². The quantitative estimate of drug-likeness (QED) is 0.769. The van der Waals surface area contributed by atoms with E-state index >= 15 is 0 Å². The fraction of sp³-hybridized carbons (Fsp3) is 0.308. The van der Waals surface area contributed by atoms with Crippen LogP contribution >= 0.6 is 0 Å². The lowest BCUT2D eigenvalue weighted by Crippen LogP contribution is -2.16. The van der Waals surface area contributed by atoms with Gasteiger partial charge < -0.3 is 5.11 Å². The highest BCUT2D eigenvalue weighted by molar-refractivity contribution is 5.87. The average molecular weight is 201 g/mol. The fourth-order valence-electron chi connectivity index (χ4n) is 1.82. The molecule has 0 saturated carbocycles. The lowest BCUT2D eigenvalue weighted by atomic mass is 9.94. The summed E-state index contributed by atoms with van der Waals surface area (Å²) in [6.07, 6.45) is 1.76. The number of benzene rings is 1. The maximum atomic E-state index is 10.0. The number of nitrogens with zero attached hydrogens (tertiary/aromatic N) is 1. The zero-order valence-electron chi connectivity index (χ0n) is 9.28. The first-order valence-electron chi connectivity index (χ1n) is 5.07. The van der Waals surface area contributed by atoms with E-state index in [0.29, 0.717) is 0 Å². The van der Waals surface area contributed by atoms with Crippen molar-refractivity contribution in [1.29, 1.82) is 0 Å². The molecule has 1 heterocycles. The summed E-state index contributed by atoms with van der Waals surface area (Å²) in [7, 11) is 0. The Morgan fingerprint density at radius 2 is 1.73 bits per heavy atom. The molecule has 0 unspecified atom stereocenters. The van der Waals surface area contributed by atoms with E-state index in [9.17, 15) is 5.11 Å². The molecule has 1 aromatic carbocycles. The molecule has 0 spiro atoms. The molecule has 2 rings (SSSR count). The minimum Gasteiger partial charge on any atom is -0.386 e. The molecule has 0 atom stereocenters. The molecule has 0 radical (unpaired) electrons. The van der Waals surface area contributed by atoms with E-state index < -0.39 is 5.60 Å². The Balaban J connectivity index is 2.84. The second kappa shape index (κ2) is 3.31. The van der Waals surface area contributed by atoms with Gasteiger partial charge >= 0.3 is 0 Å². The summed E-state index contributed by atoms with van der Waals surface area (Å²) in [6.45, 7) is 5.55. The second-order valence-corrected chi connectivity index (χ2v) is 4.36. The van der Waals surface area contributed by atoms with E-state index in [-0.39, 0.29) is 0 Å². The lowest BCUT2D eigenvalue weighted by Gasteiger charge is -2.20. The van der Waals surface area contributed by atoms with Crippen molar-refractivity contribution in [2.75, 3.05) is 0 Å². The Morgan fingerprint density at radius 3 is 2.33 bits per heavy atom. The first-order chi connectivity index (χ1) is 7.00. The minimum absolute atomic E-state index is 0.847. The van der Waals surface area contributed by atoms with Gasteiger partial charge in [-0.15, -0.1) is 0 Å². The fourth-order valence-corrected chi connectivity index (χ4v) is 1.82. The highest BCUT2D eigenvalue weighted by Gasteiger charge is 2.19. The summed E-state index contributed by atoms with van der Waals surface area (Å²) in [4.78, 5) is 4.31. The van der Waals surface area contributed by atoms with Gasteiger partial charge in [-0.3, -0.25) is 4.98 Å². The number of aliphatic hydroxyl groups is 1. The van der Waals surface area contributed by atoms with Crippen molar-refractivity contribution in [2.45, 2.75) is 26.4 Å². The normalized spacial score (nSPS) is 12.0. The molecule has 2 aromatic rings. The number of aromatic nitrogens is 1.